The van der Waals surface area contributed by atoms with Gasteiger partial charge >= 0.3 is 0 Å². The Balaban J connectivity index is 2.22. The average Bonchev–Trinajstić information content (AvgIpc) is 2.67. The molecule has 0 aliphatic heterocycles. The first-order chi connectivity index (χ1) is 7.43. The van der Waals surface area contributed by atoms with Crippen molar-refractivity contribution in [1.29, 1.82) is 0 Å². The smallest absolute Gasteiger partial charge is 0.0618 e. The van der Waals surface area contributed by atoms with Gasteiger partial charge in [0.15, 0.2) is 0 Å². The van der Waals surface area contributed by atoms with Crippen molar-refractivity contribution in [1.82, 2.24) is 0 Å². The molecule has 0 N–H and O–H groups in total. The van der Waals surface area contributed by atoms with Crippen LogP contribution in [0.15, 0.2) is 41.4 Å². The minimum absolute atomic E-state index is 0.163. The molecule has 0 spiro atoms. The average molecular weight is 214 g/mol. The molecule has 1 atom stereocenters. The molecule has 1 aliphatic carbocycles. The zero-order chi connectivity index (χ0) is 11.9. The molecule has 2 heteroatoms. The van der Waals surface area contributed by atoms with Crippen molar-refractivity contribution < 1.29 is 5.11 Å². The van der Waals surface area contributed by atoms with Gasteiger partial charge in [-0.3, -0.25) is 4.99 Å². The molecule has 84 valence electrons. The number of allylic oxidation sites excluding steroid dienone is 1. The van der Waals surface area contributed by atoms with Crippen LogP contribution in [-0.4, -0.2) is 5.90 Å². The molecule has 2 rings (SSSR count). The topological polar surface area (TPSA) is 35.4 Å². The normalized spacial score (nSPS) is 23.3. The van der Waals surface area contributed by atoms with Gasteiger partial charge in [-0.05, 0) is 35.9 Å². The van der Waals surface area contributed by atoms with Gasteiger partial charge in [0.05, 0.1) is 5.69 Å². The van der Waals surface area contributed by atoms with Crippen LogP contribution in [0.4, 0.5) is 5.69 Å². The van der Waals surface area contributed by atoms with E-state index in [0.29, 0.717) is 5.92 Å². The van der Waals surface area contributed by atoms with E-state index in [2.05, 4.69) is 25.4 Å². The number of hydrogen-bond donors (Lipinski definition) is 0. The Morgan fingerprint density at radius 3 is 2.19 bits per heavy atom. The van der Waals surface area contributed by atoms with Gasteiger partial charge in [0.2, 0.25) is 0 Å². The Hall–Kier alpha value is -1.57. The largest absolute Gasteiger partial charge is 0.862 e. The number of hydrogen-bond acceptors (Lipinski definition) is 2. The Kier molecular flexibility index (Phi) is 2.38. The first-order valence-electron chi connectivity index (χ1n) is 5.44. The summed E-state index contributed by atoms with van der Waals surface area (Å²) < 4.78 is 0. The molecule has 0 radical (unpaired) electrons. The molecule has 1 aromatic rings. The maximum absolute atomic E-state index is 10.8. The summed E-state index contributed by atoms with van der Waals surface area (Å²) in [5, 5.41) is 10.8. The van der Waals surface area contributed by atoms with E-state index in [4.69, 9.17) is 0 Å². The first kappa shape index (κ1) is 10.9. The highest BCUT2D eigenvalue weighted by Gasteiger charge is 2.51. The van der Waals surface area contributed by atoms with E-state index in [1.165, 1.54) is 18.1 Å². The van der Waals surface area contributed by atoms with Crippen LogP contribution in [0, 0.1) is 5.41 Å². The van der Waals surface area contributed by atoms with Gasteiger partial charge in [0.25, 0.3) is 0 Å². The van der Waals surface area contributed by atoms with Crippen LogP contribution in [0.25, 0.3) is 0 Å². The quantitative estimate of drug-likeness (QED) is 0.423. The van der Waals surface area contributed by atoms with E-state index in [0.717, 1.165) is 5.69 Å². The highest BCUT2D eigenvalue weighted by molar-refractivity contribution is 5.72. The standard InChI is InChI=1S/C14H17NO/c1-9-13(14(9,3)4)11-5-7-12(8-6-11)15-10(2)16/h5-8,13H,1H2,2-4H3,(H,15,16)/p-1. The Labute approximate surface area is 96.3 Å². The van der Waals surface area contributed by atoms with Crippen molar-refractivity contribution in [3.63, 3.8) is 0 Å². The second-order valence-electron chi connectivity index (χ2n) is 4.90. The van der Waals surface area contributed by atoms with E-state index in [-0.39, 0.29) is 11.3 Å². The summed E-state index contributed by atoms with van der Waals surface area (Å²) in [6.45, 7) is 9.93. The van der Waals surface area contributed by atoms with Crippen molar-refractivity contribution >= 4 is 11.6 Å². The van der Waals surface area contributed by atoms with Crippen LogP contribution in [0.2, 0.25) is 0 Å². The molecule has 1 saturated carbocycles. The molecule has 1 fully saturated rings. The number of rotatable bonds is 2. The molecule has 16 heavy (non-hydrogen) atoms. The van der Waals surface area contributed by atoms with E-state index in [1.807, 2.05) is 24.3 Å². The fourth-order valence-corrected chi connectivity index (χ4v) is 2.18. The van der Waals surface area contributed by atoms with Crippen LogP contribution in [-0.2, 0) is 0 Å². The van der Waals surface area contributed by atoms with Gasteiger partial charge < -0.3 is 5.11 Å². The molecule has 1 aromatic carbocycles. The van der Waals surface area contributed by atoms with Crippen LogP contribution in [0.3, 0.4) is 0 Å². The summed E-state index contributed by atoms with van der Waals surface area (Å²) in [5.41, 5.74) is 3.49. The van der Waals surface area contributed by atoms with E-state index in [9.17, 15) is 5.11 Å². The zero-order valence-corrected chi connectivity index (χ0v) is 9.95. The molecule has 1 aliphatic rings. The number of nitrogens with zero attached hydrogens (tertiary/aromatic N) is 1. The van der Waals surface area contributed by atoms with E-state index >= 15 is 0 Å². The third-order valence-electron chi connectivity index (χ3n) is 3.33. The monoisotopic (exact) mass is 214 g/mol. The lowest BCUT2D eigenvalue weighted by Gasteiger charge is -2.05. The summed E-state index contributed by atoms with van der Waals surface area (Å²) in [6, 6.07) is 7.84. The van der Waals surface area contributed by atoms with Crippen molar-refractivity contribution in [2.75, 3.05) is 0 Å². The summed E-state index contributed by atoms with van der Waals surface area (Å²) in [7, 11) is 0. The molecule has 0 aromatic heterocycles. The maximum Gasteiger partial charge on any atom is 0.0618 e. The van der Waals surface area contributed by atoms with Crippen LogP contribution < -0.4 is 5.11 Å². The Morgan fingerprint density at radius 1 is 1.31 bits per heavy atom. The lowest BCUT2D eigenvalue weighted by molar-refractivity contribution is -0.215. The number of benzene rings is 1. The van der Waals surface area contributed by atoms with Crippen LogP contribution in [0.1, 0.15) is 32.3 Å². The van der Waals surface area contributed by atoms with Crippen molar-refractivity contribution in [2.24, 2.45) is 10.4 Å². The Bertz CT molecular complexity index is 450. The van der Waals surface area contributed by atoms with E-state index < -0.39 is 0 Å². The zero-order valence-electron chi connectivity index (χ0n) is 9.95. The van der Waals surface area contributed by atoms with Gasteiger partial charge in [-0.2, -0.15) is 0 Å². The maximum atomic E-state index is 10.8. The summed E-state index contributed by atoms with van der Waals surface area (Å²) in [6.07, 6.45) is 0. The van der Waals surface area contributed by atoms with Crippen LogP contribution in [0.5, 0.6) is 0 Å². The molecule has 0 heterocycles. The molecule has 0 saturated heterocycles. The predicted molar refractivity (Wildman–Crippen MR) is 64.9 cm³/mol. The second-order valence-corrected chi connectivity index (χ2v) is 4.90. The third kappa shape index (κ3) is 1.75. The Morgan fingerprint density at radius 2 is 1.81 bits per heavy atom. The summed E-state index contributed by atoms with van der Waals surface area (Å²) in [5.74, 6) is 0.294. The van der Waals surface area contributed by atoms with Crippen molar-refractivity contribution in [2.45, 2.75) is 26.7 Å². The van der Waals surface area contributed by atoms with Gasteiger partial charge in [0.1, 0.15) is 0 Å². The lowest BCUT2D eigenvalue weighted by Crippen LogP contribution is -2.10. The van der Waals surface area contributed by atoms with Gasteiger partial charge in [-0.25, -0.2) is 0 Å². The molecular weight excluding hydrogens is 198 g/mol. The minimum atomic E-state index is -0.163. The van der Waals surface area contributed by atoms with Gasteiger partial charge in [0, 0.05) is 5.92 Å². The summed E-state index contributed by atoms with van der Waals surface area (Å²) >= 11 is 0. The molecule has 2 nitrogen and oxygen atoms in total. The fourth-order valence-electron chi connectivity index (χ4n) is 2.18. The molecule has 1 unspecified atom stereocenters. The minimum Gasteiger partial charge on any atom is -0.862 e. The van der Waals surface area contributed by atoms with Crippen LogP contribution >= 0.6 is 0 Å². The predicted octanol–water partition coefficient (Wildman–Crippen LogP) is 2.78. The molecule has 0 bridgehead atoms. The summed E-state index contributed by atoms with van der Waals surface area (Å²) in [4.78, 5) is 3.87. The van der Waals surface area contributed by atoms with Gasteiger partial charge in [-0.1, -0.05) is 38.1 Å². The van der Waals surface area contributed by atoms with Crippen molar-refractivity contribution in [3.05, 3.63) is 42.0 Å². The lowest BCUT2D eigenvalue weighted by atomic mass is 10.0. The third-order valence-corrected chi connectivity index (χ3v) is 3.33. The highest BCUT2D eigenvalue weighted by atomic mass is 16.3. The highest BCUT2D eigenvalue weighted by Crippen LogP contribution is 2.63. The number of aliphatic imine (C=N–C) groups is 1. The van der Waals surface area contributed by atoms with Gasteiger partial charge in [-0.15, -0.1) is 0 Å². The fraction of sp³-hybridized carbons (Fsp3) is 0.357. The SMILES string of the molecule is C=C1C(c2ccc(N=C(C)[O-])cc2)C1(C)C. The second kappa shape index (κ2) is 3.48. The van der Waals surface area contributed by atoms with Crippen molar-refractivity contribution in [3.8, 4) is 0 Å². The molecule has 0 amide bonds. The van der Waals surface area contributed by atoms with E-state index in [1.54, 1.807) is 0 Å². The molecular formula is C14H16NO-. The first-order valence-corrected chi connectivity index (χ1v) is 5.44.